The third-order valence-corrected chi connectivity index (χ3v) is 5.86. The van der Waals surface area contributed by atoms with Crippen LogP contribution in [0.2, 0.25) is 0 Å². The molecule has 2 N–H and O–H groups in total. The molecular weight excluding hydrogens is 427 g/mol. The Bertz CT molecular complexity index is 1000. The second-order valence-corrected chi connectivity index (χ2v) is 8.24. The van der Waals surface area contributed by atoms with Gasteiger partial charge >= 0.3 is 0 Å². The summed E-state index contributed by atoms with van der Waals surface area (Å²) >= 11 is 1.10. The lowest BCUT2D eigenvalue weighted by Gasteiger charge is -2.28. The van der Waals surface area contributed by atoms with Crippen molar-refractivity contribution in [2.24, 2.45) is 7.05 Å². The van der Waals surface area contributed by atoms with Crippen LogP contribution in [0, 0.1) is 12.7 Å². The molecule has 1 aliphatic rings. The van der Waals surface area contributed by atoms with Gasteiger partial charge in [0.2, 0.25) is 5.92 Å². The van der Waals surface area contributed by atoms with Gasteiger partial charge in [-0.2, -0.15) is 5.10 Å². The van der Waals surface area contributed by atoms with Gasteiger partial charge in [-0.3, -0.25) is 4.68 Å². The zero-order chi connectivity index (χ0) is 22.4. The number of aromatic nitrogens is 4. The Morgan fingerprint density at radius 1 is 1.26 bits per heavy atom. The first-order chi connectivity index (χ1) is 14.7. The lowest BCUT2D eigenvalue weighted by Crippen LogP contribution is -2.25. The van der Waals surface area contributed by atoms with Crippen molar-refractivity contribution in [3.8, 4) is 5.75 Å². The summed E-state index contributed by atoms with van der Waals surface area (Å²) < 4.78 is 44.4. The molecule has 0 aliphatic heterocycles. The molecule has 166 valence electrons. The Hall–Kier alpha value is -2.75. The fourth-order valence-electron chi connectivity index (χ4n) is 3.39. The van der Waals surface area contributed by atoms with E-state index in [1.807, 2.05) is 13.1 Å². The summed E-state index contributed by atoms with van der Waals surface area (Å²) in [5.74, 6) is -2.43. The van der Waals surface area contributed by atoms with Gasteiger partial charge in [0, 0.05) is 50.0 Å². The van der Waals surface area contributed by atoms with Crippen LogP contribution in [0.15, 0.2) is 47.9 Å². The number of halogens is 3. The predicted molar refractivity (Wildman–Crippen MR) is 114 cm³/mol. The number of anilines is 1. The van der Waals surface area contributed by atoms with Gasteiger partial charge in [-0.25, -0.2) is 23.1 Å². The molecule has 3 aromatic rings. The third-order valence-electron chi connectivity index (χ3n) is 5.02. The van der Waals surface area contributed by atoms with Gasteiger partial charge in [0.05, 0.1) is 4.90 Å². The van der Waals surface area contributed by atoms with Crippen molar-refractivity contribution in [3.05, 3.63) is 60.1 Å². The molecule has 1 aromatic carbocycles. The largest absolute Gasteiger partial charge is 0.508 e. The monoisotopic (exact) mass is 451 g/mol. The first-order valence-corrected chi connectivity index (χ1v) is 10.6. The number of aromatic hydroxyl groups is 1. The van der Waals surface area contributed by atoms with E-state index >= 15 is 0 Å². The second kappa shape index (κ2) is 10.0. The first kappa shape index (κ1) is 22.9. The smallest absolute Gasteiger partial charge is 0.248 e. The van der Waals surface area contributed by atoms with E-state index in [1.165, 1.54) is 6.33 Å². The number of phenols is 1. The maximum atomic E-state index is 13.5. The van der Waals surface area contributed by atoms with Crippen molar-refractivity contribution in [1.29, 1.82) is 0 Å². The Kier molecular flexibility index (Phi) is 7.42. The number of aryl methyl sites for hydroxylation is 2. The number of phenolic OH excluding ortho intramolecular Hbond substituents is 1. The van der Waals surface area contributed by atoms with Crippen molar-refractivity contribution in [1.82, 2.24) is 19.7 Å². The molecule has 1 atom stereocenters. The van der Waals surface area contributed by atoms with E-state index in [0.29, 0.717) is 22.7 Å². The average molecular weight is 452 g/mol. The molecule has 4 rings (SSSR count). The van der Waals surface area contributed by atoms with Gasteiger partial charge in [0.15, 0.2) is 0 Å². The van der Waals surface area contributed by atoms with Crippen LogP contribution >= 0.6 is 11.9 Å². The molecule has 1 aliphatic carbocycles. The predicted octanol–water partition coefficient (Wildman–Crippen LogP) is 5.46. The summed E-state index contributed by atoms with van der Waals surface area (Å²) in [7, 11) is 1.81. The number of nitrogens with zero attached hydrogens (tertiary/aromatic N) is 4. The van der Waals surface area contributed by atoms with E-state index in [1.54, 1.807) is 36.1 Å². The highest BCUT2D eigenvalue weighted by molar-refractivity contribution is 8.00. The highest BCUT2D eigenvalue weighted by atomic mass is 32.2. The maximum Gasteiger partial charge on any atom is 0.248 e. The number of rotatable bonds is 4. The average Bonchev–Trinajstić information content (AvgIpc) is 3.16. The molecule has 10 heteroatoms. The normalized spacial score (nSPS) is 17.5. The summed E-state index contributed by atoms with van der Waals surface area (Å²) in [5.41, 5.74) is 1.56. The maximum absolute atomic E-state index is 13.5. The summed E-state index contributed by atoms with van der Waals surface area (Å²) in [5, 5.41) is 13.3. The van der Waals surface area contributed by atoms with Crippen LogP contribution in [0.1, 0.15) is 42.9 Å². The summed E-state index contributed by atoms with van der Waals surface area (Å²) in [6, 6.07) is 6.19. The molecule has 0 spiro atoms. The van der Waals surface area contributed by atoms with Crippen LogP contribution in [0.5, 0.6) is 5.75 Å². The number of hydrogen-bond acceptors (Lipinski definition) is 6. The van der Waals surface area contributed by atoms with Crippen molar-refractivity contribution < 1.29 is 18.3 Å². The number of hydrogen-bond donors (Lipinski definition) is 2. The van der Waals surface area contributed by atoms with Gasteiger partial charge < -0.3 is 9.83 Å². The molecule has 2 heterocycles. The zero-order valence-electron chi connectivity index (χ0n) is 17.2. The Labute approximate surface area is 183 Å². The van der Waals surface area contributed by atoms with Gasteiger partial charge in [-0.05, 0) is 55.5 Å². The minimum absolute atomic E-state index is 0.0213. The van der Waals surface area contributed by atoms with E-state index in [0.717, 1.165) is 30.1 Å². The zero-order valence-corrected chi connectivity index (χ0v) is 18.0. The van der Waals surface area contributed by atoms with Gasteiger partial charge in [-0.1, -0.05) is 0 Å². The minimum Gasteiger partial charge on any atom is -0.508 e. The van der Waals surface area contributed by atoms with Crippen LogP contribution in [0.4, 0.5) is 19.0 Å². The minimum atomic E-state index is -2.48. The third kappa shape index (κ3) is 6.36. The molecule has 6 nitrogen and oxygen atoms in total. The highest BCUT2D eigenvalue weighted by Gasteiger charge is 2.37. The summed E-state index contributed by atoms with van der Waals surface area (Å²) in [6.07, 6.45) is 6.16. The van der Waals surface area contributed by atoms with E-state index in [9.17, 15) is 18.3 Å². The molecule has 0 amide bonds. The number of alkyl halides is 2. The molecule has 0 bridgehead atoms. The van der Waals surface area contributed by atoms with Crippen LogP contribution in [0.3, 0.4) is 0 Å². The molecule has 1 unspecified atom stereocenters. The van der Waals surface area contributed by atoms with E-state index in [4.69, 9.17) is 0 Å². The quantitative estimate of drug-likeness (QED) is 0.513. The number of nitrogens with one attached hydrogen (secondary N) is 1. The van der Waals surface area contributed by atoms with Gasteiger partial charge in [0.1, 0.15) is 23.7 Å². The lowest BCUT2D eigenvalue weighted by molar-refractivity contribution is -0.0415. The van der Waals surface area contributed by atoms with E-state index in [-0.39, 0.29) is 24.5 Å². The fraction of sp³-hybridized carbons (Fsp3) is 0.381. The molecule has 31 heavy (non-hydrogen) atoms. The Morgan fingerprint density at radius 3 is 2.71 bits per heavy atom. The topological polar surface area (TPSA) is 75.9 Å². The van der Waals surface area contributed by atoms with Crippen molar-refractivity contribution >= 4 is 17.8 Å². The van der Waals surface area contributed by atoms with Crippen LogP contribution in [-0.4, -0.2) is 30.8 Å². The van der Waals surface area contributed by atoms with Crippen LogP contribution in [-0.2, 0) is 7.05 Å². The Morgan fingerprint density at radius 2 is 2.06 bits per heavy atom. The van der Waals surface area contributed by atoms with Crippen molar-refractivity contribution in [2.75, 3.05) is 4.72 Å². The van der Waals surface area contributed by atoms with Gasteiger partial charge in [-0.15, -0.1) is 0 Å². The van der Waals surface area contributed by atoms with Crippen LogP contribution < -0.4 is 4.72 Å². The molecule has 0 radical (unpaired) electrons. The molecule has 0 saturated heterocycles. The SMILES string of the molecule is Cc1cc(SNc2ccncn2)c(F)cc1O.Cn1nccc1C1CCCC(F)(F)C1. The molecule has 2 aromatic heterocycles. The molecule has 1 fully saturated rings. The lowest BCUT2D eigenvalue weighted by atomic mass is 9.84. The van der Waals surface area contributed by atoms with E-state index < -0.39 is 11.7 Å². The Balaban J connectivity index is 0.000000179. The highest BCUT2D eigenvalue weighted by Crippen LogP contribution is 2.41. The summed E-state index contributed by atoms with van der Waals surface area (Å²) in [4.78, 5) is 8.13. The first-order valence-electron chi connectivity index (χ1n) is 9.79. The number of benzene rings is 1. The standard InChI is InChI=1S/C11H10FN3OS.C10H14F2N2/c1-7-4-10(8(12)5-9(7)16)17-15-11-2-3-13-6-14-11;1-14-9(4-6-13-14)8-3-2-5-10(11,12)7-8/h2-6,16H,1H3,(H,13,14,15);4,6,8H,2-3,5,7H2,1H3. The fourth-order valence-corrected chi connectivity index (χ4v) is 4.12. The molecule has 1 saturated carbocycles. The second-order valence-electron chi connectivity index (χ2n) is 7.40. The van der Waals surface area contributed by atoms with Crippen molar-refractivity contribution in [2.45, 2.75) is 49.3 Å². The molecular formula is C21H24F3N5OS. The van der Waals surface area contributed by atoms with Gasteiger partial charge in [0.25, 0.3) is 0 Å². The summed E-state index contributed by atoms with van der Waals surface area (Å²) in [6.45, 7) is 1.71. The van der Waals surface area contributed by atoms with Crippen LogP contribution in [0.25, 0.3) is 0 Å². The van der Waals surface area contributed by atoms with E-state index in [2.05, 4.69) is 19.8 Å². The van der Waals surface area contributed by atoms with Crippen molar-refractivity contribution in [3.63, 3.8) is 0 Å².